The first-order valence-electron chi connectivity index (χ1n) is 11.8. The average Bonchev–Trinajstić information content (AvgIpc) is 3.41. The molecule has 0 saturated heterocycles. The van der Waals surface area contributed by atoms with Crippen molar-refractivity contribution in [3.63, 3.8) is 0 Å². The Morgan fingerprint density at radius 3 is 1.49 bits per heavy atom. The molecule has 6 aromatic carbocycles. The van der Waals surface area contributed by atoms with E-state index in [1.807, 2.05) is 0 Å². The Kier molecular flexibility index (Phi) is 3.42. The molecule has 6 aromatic rings. The summed E-state index contributed by atoms with van der Waals surface area (Å²) in [6.45, 7) is 0. The van der Waals surface area contributed by atoms with Gasteiger partial charge in [-0.3, -0.25) is 0 Å². The van der Waals surface area contributed by atoms with Gasteiger partial charge in [-0.05, 0) is 83.9 Å². The fourth-order valence-corrected chi connectivity index (χ4v) is 9.63. The maximum atomic E-state index is 4.07. The lowest BCUT2D eigenvalue weighted by Gasteiger charge is -2.40. The summed E-state index contributed by atoms with van der Waals surface area (Å²) in [5, 5.41) is 8.09. The number of halogens is 3. The molecular weight excluding hydrogens is 624 g/mol. The number of rotatable bonds is 0. The lowest BCUT2D eigenvalue weighted by atomic mass is 9.59. The highest BCUT2D eigenvalue weighted by molar-refractivity contribution is 9.11. The van der Waals surface area contributed by atoms with Crippen molar-refractivity contribution in [2.24, 2.45) is 0 Å². The molecule has 0 heterocycles. The third kappa shape index (κ3) is 1.80. The summed E-state index contributed by atoms with van der Waals surface area (Å²) < 4.78 is 3.50. The minimum Gasteiger partial charge on any atom is -0.0613 e. The van der Waals surface area contributed by atoms with Crippen LogP contribution in [0.1, 0.15) is 33.4 Å². The predicted octanol–water partition coefficient (Wildman–Crippen LogP) is 9.74. The summed E-state index contributed by atoms with van der Waals surface area (Å²) in [7, 11) is 0. The SMILES string of the molecule is Brc1ccc2cccc3c2c1C12c4ccc(Br)c5cccc(c45)C31c1cccc3c(Br)ccc2c13. The van der Waals surface area contributed by atoms with E-state index in [4.69, 9.17) is 0 Å². The molecule has 9 rings (SSSR count). The van der Waals surface area contributed by atoms with Crippen molar-refractivity contribution in [3.05, 3.63) is 138 Å². The van der Waals surface area contributed by atoms with E-state index in [0.29, 0.717) is 0 Å². The first kappa shape index (κ1) is 19.7. The highest BCUT2D eigenvalue weighted by Crippen LogP contribution is 2.76. The Bertz CT molecular complexity index is 1910. The first-order valence-corrected chi connectivity index (χ1v) is 14.2. The van der Waals surface area contributed by atoms with Crippen molar-refractivity contribution in [1.82, 2.24) is 0 Å². The molecular formula is C32H15Br3. The summed E-state index contributed by atoms with van der Waals surface area (Å²) in [4.78, 5) is 0. The minimum absolute atomic E-state index is 0.315. The molecule has 0 aliphatic heterocycles. The van der Waals surface area contributed by atoms with Crippen molar-refractivity contribution in [3.8, 4) is 0 Å². The monoisotopic (exact) mass is 636 g/mol. The van der Waals surface area contributed by atoms with Crippen LogP contribution in [0.3, 0.4) is 0 Å². The van der Waals surface area contributed by atoms with Crippen LogP contribution in [0.25, 0.3) is 32.3 Å². The molecule has 0 saturated carbocycles. The molecule has 0 spiro atoms. The van der Waals surface area contributed by atoms with Gasteiger partial charge in [0, 0.05) is 13.4 Å². The van der Waals surface area contributed by atoms with Crippen LogP contribution in [0.15, 0.2) is 104 Å². The van der Waals surface area contributed by atoms with Crippen molar-refractivity contribution in [2.75, 3.05) is 0 Å². The highest BCUT2D eigenvalue weighted by Gasteiger charge is 2.70. The standard InChI is InChI=1S/C32H15Br3/c33-24-14-11-22-28-17(24)5-2-8-20(28)31-19-7-1-4-16-10-13-26(35)30(27(16)19)32(22,31)23-12-15-25(34)18-6-3-9-21(31)29(18)23/h1-15H. The molecule has 3 aliphatic rings. The zero-order valence-electron chi connectivity index (χ0n) is 18.3. The summed E-state index contributed by atoms with van der Waals surface area (Å²) in [6, 6.07) is 34.5. The maximum absolute atomic E-state index is 4.07. The van der Waals surface area contributed by atoms with Gasteiger partial charge in [0.2, 0.25) is 0 Å². The minimum atomic E-state index is -0.333. The van der Waals surface area contributed by atoms with Gasteiger partial charge in [0.05, 0.1) is 10.8 Å². The van der Waals surface area contributed by atoms with E-state index in [9.17, 15) is 0 Å². The molecule has 0 aromatic heterocycles. The van der Waals surface area contributed by atoms with Crippen LogP contribution < -0.4 is 0 Å². The van der Waals surface area contributed by atoms with Crippen molar-refractivity contribution >= 4 is 80.1 Å². The Labute approximate surface area is 227 Å². The third-order valence-corrected chi connectivity index (χ3v) is 11.0. The highest BCUT2D eigenvalue weighted by atomic mass is 79.9. The molecule has 0 nitrogen and oxygen atoms in total. The van der Waals surface area contributed by atoms with Crippen LogP contribution in [-0.4, -0.2) is 0 Å². The number of hydrogen-bond acceptors (Lipinski definition) is 0. The fourth-order valence-electron chi connectivity index (χ4n) is 8.07. The van der Waals surface area contributed by atoms with Crippen LogP contribution in [0.2, 0.25) is 0 Å². The quantitative estimate of drug-likeness (QED) is 0.155. The fraction of sp³-hybridized carbons (Fsp3) is 0.0625. The normalized spacial score (nSPS) is 22.4. The molecule has 0 unspecified atom stereocenters. The second-order valence-corrected chi connectivity index (χ2v) is 12.5. The number of hydrogen-bond donors (Lipinski definition) is 0. The van der Waals surface area contributed by atoms with Crippen molar-refractivity contribution < 1.29 is 0 Å². The predicted molar refractivity (Wildman–Crippen MR) is 155 cm³/mol. The van der Waals surface area contributed by atoms with Crippen LogP contribution in [0.4, 0.5) is 0 Å². The lowest BCUT2D eigenvalue weighted by Crippen LogP contribution is -2.42. The van der Waals surface area contributed by atoms with Gasteiger partial charge in [-0.2, -0.15) is 0 Å². The lowest BCUT2D eigenvalue weighted by molar-refractivity contribution is 0.490. The maximum Gasteiger partial charge on any atom is 0.0659 e. The van der Waals surface area contributed by atoms with Crippen molar-refractivity contribution in [1.29, 1.82) is 0 Å². The molecule has 0 amide bonds. The number of benzene rings is 6. The molecule has 0 bridgehead atoms. The molecule has 0 atom stereocenters. The Balaban J connectivity index is 1.68. The van der Waals surface area contributed by atoms with E-state index in [2.05, 4.69) is 139 Å². The average molecular weight is 639 g/mol. The molecule has 35 heavy (non-hydrogen) atoms. The smallest absolute Gasteiger partial charge is 0.0613 e. The van der Waals surface area contributed by atoms with Crippen LogP contribution in [0.5, 0.6) is 0 Å². The molecule has 0 N–H and O–H groups in total. The van der Waals surface area contributed by atoms with E-state index in [0.717, 1.165) is 8.95 Å². The second-order valence-electron chi connectivity index (χ2n) is 9.97. The molecule has 0 radical (unpaired) electrons. The van der Waals surface area contributed by atoms with Crippen LogP contribution in [-0.2, 0) is 10.8 Å². The first-order chi connectivity index (χ1) is 17.1. The molecule has 0 fully saturated rings. The zero-order chi connectivity index (χ0) is 23.3. The summed E-state index contributed by atoms with van der Waals surface area (Å²) >= 11 is 11.8. The Hall–Kier alpha value is -2.46. The van der Waals surface area contributed by atoms with E-state index < -0.39 is 0 Å². The summed E-state index contributed by atoms with van der Waals surface area (Å²) in [5.74, 6) is 0. The zero-order valence-corrected chi connectivity index (χ0v) is 23.1. The Morgan fingerprint density at radius 1 is 0.400 bits per heavy atom. The van der Waals surface area contributed by atoms with Gasteiger partial charge in [0.15, 0.2) is 0 Å². The van der Waals surface area contributed by atoms with Gasteiger partial charge in [-0.25, -0.2) is 0 Å². The second kappa shape index (κ2) is 6.08. The van der Waals surface area contributed by atoms with Gasteiger partial charge in [-0.1, -0.05) is 121 Å². The topological polar surface area (TPSA) is 0 Å². The third-order valence-electron chi connectivity index (χ3n) is 8.93. The van der Waals surface area contributed by atoms with Gasteiger partial charge in [-0.15, -0.1) is 0 Å². The van der Waals surface area contributed by atoms with Crippen LogP contribution in [0, 0.1) is 0 Å². The molecule has 164 valence electrons. The van der Waals surface area contributed by atoms with Crippen LogP contribution >= 0.6 is 47.8 Å². The van der Waals surface area contributed by atoms with Gasteiger partial charge < -0.3 is 0 Å². The van der Waals surface area contributed by atoms with E-state index in [1.54, 1.807) is 0 Å². The molecule has 3 heteroatoms. The van der Waals surface area contributed by atoms with Gasteiger partial charge >= 0.3 is 0 Å². The van der Waals surface area contributed by atoms with Gasteiger partial charge in [0.1, 0.15) is 0 Å². The van der Waals surface area contributed by atoms with E-state index in [1.165, 1.54) is 70.2 Å². The largest absolute Gasteiger partial charge is 0.0659 e. The Morgan fingerprint density at radius 2 is 0.886 bits per heavy atom. The van der Waals surface area contributed by atoms with E-state index in [-0.39, 0.29) is 10.8 Å². The molecule has 3 aliphatic carbocycles. The summed E-state index contributed by atoms with van der Waals surface area (Å²) in [6.07, 6.45) is 0. The van der Waals surface area contributed by atoms with Crippen molar-refractivity contribution in [2.45, 2.75) is 10.8 Å². The van der Waals surface area contributed by atoms with E-state index >= 15 is 0 Å². The summed E-state index contributed by atoms with van der Waals surface area (Å²) in [5.41, 5.74) is 7.84. The van der Waals surface area contributed by atoms with Gasteiger partial charge in [0.25, 0.3) is 0 Å².